The third kappa shape index (κ3) is 2.65. The van der Waals surface area contributed by atoms with Crippen LogP contribution in [0.4, 0.5) is 0 Å². The van der Waals surface area contributed by atoms with Gasteiger partial charge in [-0.25, -0.2) is 4.98 Å². The summed E-state index contributed by atoms with van der Waals surface area (Å²) in [5.41, 5.74) is 1.67. The van der Waals surface area contributed by atoms with Gasteiger partial charge >= 0.3 is 0 Å². The summed E-state index contributed by atoms with van der Waals surface area (Å²) in [5.74, 6) is 0.00274. The van der Waals surface area contributed by atoms with Crippen LogP contribution in [0.1, 0.15) is 45.9 Å². The minimum absolute atomic E-state index is 0.00274. The van der Waals surface area contributed by atoms with Crippen LogP contribution in [0.5, 0.6) is 0 Å². The lowest BCUT2D eigenvalue weighted by molar-refractivity contribution is -0.0884. The molecule has 2 atom stereocenters. The summed E-state index contributed by atoms with van der Waals surface area (Å²) >= 11 is 0. The molecule has 1 aliphatic heterocycles. The molecule has 0 aliphatic carbocycles. The van der Waals surface area contributed by atoms with Crippen LogP contribution in [0.15, 0.2) is 30.5 Å². The van der Waals surface area contributed by atoms with Gasteiger partial charge in [-0.3, -0.25) is 4.98 Å². The molecule has 2 unspecified atom stereocenters. The smallest absolute Gasteiger partial charge is 0.103 e. The molecule has 21 heavy (non-hydrogen) atoms. The highest BCUT2D eigenvalue weighted by Gasteiger charge is 2.49. The molecule has 2 aromatic rings. The van der Waals surface area contributed by atoms with Crippen molar-refractivity contribution in [2.45, 2.75) is 51.4 Å². The number of hydrogen-bond acceptors (Lipinski definition) is 4. The van der Waals surface area contributed by atoms with E-state index in [1.165, 1.54) is 0 Å². The highest BCUT2D eigenvalue weighted by atomic mass is 16.5. The molecule has 0 radical (unpaired) electrons. The molecule has 0 saturated carbocycles. The molecule has 1 aliphatic rings. The van der Waals surface area contributed by atoms with Gasteiger partial charge in [0.1, 0.15) is 6.10 Å². The molecule has 1 saturated heterocycles. The molecule has 0 bridgehead atoms. The number of benzene rings is 1. The molecule has 1 aromatic carbocycles. The van der Waals surface area contributed by atoms with E-state index in [0.717, 1.165) is 17.5 Å². The Kier molecular flexibility index (Phi) is 3.26. The second-order valence-corrected chi connectivity index (χ2v) is 7.00. The van der Waals surface area contributed by atoms with Crippen molar-refractivity contribution in [2.24, 2.45) is 5.92 Å². The Balaban J connectivity index is 1.95. The average molecular weight is 286 g/mol. The molecule has 4 nitrogen and oxygen atoms in total. The third-order valence-corrected chi connectivity index (χ3v) is 4.30. The van der Waals surface area contributed by atoms with Gasteiger partial charge in [0.15, 0.2) is 0 Å². The number of ether oxygens (including phenoxy) is 1. The van der Waals surface area contributed by atoms with Crippen molar-refractivity contribution < 1.29 is 9.84 Å². The Morgan fingerprint density at radius 2 is 1.86 bits per heavy atom. The van der Waals surface area contributed by atoms with E-state index in [0.29, 0.717) is 5.69 Å². The fraction of sp³-hybridized carbons (Fsp3) is 0.529. The Morgan fingerprint density at radius 1 is 1.19 bits per heavy atom. The van der Waals surface area contributed by atoms with Gasteiger partial charge in [-0.1, -0.05) is 12.1 Å². The molecule has 3 rings (SSSR count). The van der Waals surface area contributed by atoms with E-state index in [4.69, 9.17) is 4.74 Å². The summed E-state index contributed by atoms with van der Waals surface area (Å²) in [6.45, 7) is 8.19. The Labute approximate surface area is 125 Å². The maximum absolute atomic E-state index is 10.8. The van der Waals surface area contributed by atoms with Crippen molar-refractivity contribution in [3.05, 3.63) is 36.2 Å². The molecular formula is C17H22N2O2. The van der Waals surface area contributed by atoms with Gasteiger partial charge in [0.2, 0.25) is 0 Å². The van der Waals surface area contributed by atoms with E-state index in [1.807, 2.05) is 38.1 Å². The number of aliphatic hydroxyl groups excluding tert-OH is 1. The lowest BCUT2D eigenvalue weighted by Crippen LogP contribution is -2.33. The molecule has 0 amide bonds. The molecule has 1 fully saturated rings. The Hall–Kier alpha value is -1.52. The monoisotopic (exact) mass is 286 g/mol. The van der Waals surface area contributed by atoms with E-state index in [9.17, 15) is 5.11 Å². The standard InChI is InChI=1S/C17H22N2O2/c1-16(2)9-11(17(3,4)21-16)15(20)14-10-18-12-7-5-6-8-13(12)19-14/h5-8,10-11,15,20H,9H2,1-4H3. The van der Waals surface area contributed by atoms with E-state index < -0.39 is 6.10 Å². The first-order valence-corrected chi connectivity index (χ1v) is 7.38. The number of fused-ring (bicyclic) bond motifs is 1. The summed E-state index contributed by atoms with van der Waals surface area (Å²) in [6.07, 6.45) is 1.81. The van der Waals surface area contributed by atoms with Crippen LogP contribution in [-0.4, -0.2) is 26.3 Å². The molecule has 2 heterocycles. The first kappa shape index (κ1) is 14.4. The summed E-state index contributed by atoms with van der Waals surface area (Å²) in [5, 5.41) is 10.8. The number of nitrogens with zero attached hydrogens (tertiary/aromatic N) is 2. The number of hydrogen-bond donors (Lipinski definition) is 1. The maximum Gasteiger partial charge on any atom is 0.103 e. The number of aromatic nitrogens is 2. The first-order chi connectivity index (χ1) is 9.78. The van der Waals surface area contributed by atoms with Gasteiger partial charge in [0.25, 0.3) is 0 Å². The van der Waals surface area contributed by atoms with E-state index in [1.54, 1.807) is 6.20 Å². The zero-order valence-electron chi connectivity index (χ0n) is 13.0. The van der Waals surface area contributed by atoms with Crippen LogP contribution in [-0.2, 0) is 4.74 Å². The van der Waals surface area contributed by atoms with Crippen molar-refractivity contribution >= 4 is 11.0 Å². The SMILES string of the molecule is CC1(C)CC(C(O)c2cnc3ccccc3n2)C(C)(C)O1. The van der Waals surface area contributed by atoms with Crippen molar-refractivity contribution in [2.75, 3.05) is 0 Å². The van der Waals surface area contributed by atoms with Gasteiger partial charge in [-0.15, -0.1) is 0 Å². The van der Waals surface area contributed by atoms with Gasteiger partial charge in [-0.2, -0.15) is 0 Å². The van der Waals surface area contributed by atoms with E-state index >= 15 is 0 Å². The van der Waals surface area contributed by atoms with Crippen LogP contribution in [0, 0.1) is 5.92 Å². The van der Waals surface area contributed by atoms with Crippen LogP contribution in [0.25, 0.3) is 11.0 Å². The lowest BCUT2D eigenvalue weighted by Gasteiger charge is -2.30. The zero-order valence-corrected chi connectivity index (χ0v) is 13.0. The minimum Gasteiger partial charge on any atom is -0.386 e. The normalized spacial score (nSPS) is 25.1. The second-order valence-electron chi connectivity index (χ2n) is 7.00. The van der Waals surface area contributed by atoms with Gasteiger partial charge in [0.05, 0.1) is 34.1 Å². The quantitative estimate of drug-likeness (QED) is 0.920. The summed E-state index contributed by atoms with van der Waals surface area (Å²) in [7, 11) is 0. The first-order valence-electron chi connectivity index (χ1n) is 7.38. The molecule has 4 heteroatoms. The van der Waals surface area contributed by atoms with Crippen molar-refractivity contribution in [3.8, 4) is 0 Å². The largest absolute Gasteiger partial charge is 0.386 e. The topological polar surface area (TPSA) is 55.2 Å². The second kappa shape index (κ2) is 4.75. The van der Waals surface area contributed by atoms with Gasteiger partial charge in [-0.05, 0) is 46.2 Å². The highest BCUT2D eigenvalue weighted by molar-refractivity contribution is 5.73. The molecule has 1 aromatic heterocycles. The van der Waals surface area contributed by atoms with Crippen LogP contribution >= 0.6 is 0 Å². The summed E-state index contributed by atoms with van der Waals surface area (Å²) in [6, 6.07) is 7.70. The van der Waals surface area contributed by atoms with E-state index in [2.05, 4.69) is 23.8 Å². The molecule has 1 N–H and O–H groups in total. The van der Waals surface area contributed by atoms with Crippen molar-refractivity contribution in [1.82, 2.24) is 9.97 Å². The van der Waals surface area contributed by atoms with Crippen LogP contribution in [0.2, 0.25) is 0 Å². The number of para-hydroxylation sites is 2. The summed E-state index contributed by atoms with van der Waals surface area (Å²) < 4.78 is 6.07. The number of rotatable bonds is 2. The number of aliphatic hydroxyl groups is 1. The fourth-order valence-corrected chi connectivity index (χ4v) is 3.42. The van der Waals surface area contributed by atoms with Crippen molar-refractivity contribution in [1.29, 1.82) is 0 Å². The molecule has 112 valence electrons. The lowest BCUT2D eigenvalue weighted by atomic mass is 9.82. The Bertz CT molecular complexity index is 667. The van der Waals surface area contributed by atoms with E-state index in [-0.39, 0.29) is 17.1 Å². The van der Waals surface area contributed by atoms with Crippen LogP contribution < -0.4 is 0 Å². The zero-order chi connectivity index (χ0) is 15.3. The van der Waals surface area contributed by atoms with Gasteiger partial charge in [0, 0.05) is 5.92 Å². The fourth-order valence-electron chi connectivity index (χ4n) is 3.42. The van der Waals surface area contributed by atoms with Gasteiger partial charge < -0.3 is 9.84 Å². The minimum atomic E-state index is -0.668. The van der Waals surface area contributed by atoms with Crippen molar-refractivity contribution in [3.63, 3.8) is 0 Å². The van der Waals surface area contributed by atoms with Crippen LogP contribution in [0.3, 0.4) is 0 Å². The predicted molar refractivity (Wildman–Crippen MR) is 81.8 cm³/mol. The Morgan fingerprint density at radius 3 is 2.48 bits per heavy atom. The third-order valence-electron chi connectivity index (χ3n) is 4.30. The predicted octanol–water partition coefficient (Wildman–Crippen LogP) is 3.26. The maximum atomic E-state index is 10.8. The molecular weight excluding hydrogens is 264 g/mol. The average Bonchev–Trinajstić information content (AvgIpc) is 2.65. The highest BCUT2D eigenvalue weighted by Crippen LogP contribution is 2.47. The molecule has 0 spiro atoms. The summed E-state index contributed by atoms with van der Waals surface area (Å²) in [4.78, 5) is 8.96.